The van der Waals surface area contributed by atoms with Crippen LogP contribution >= 0.6 is 0 Å². The SMILES string of the molecule is [CH2]CC(c1ccccc1)C(C)C(C)C. The first kappa shape index (κ1) is 11.3. The number of rotatable bonds is 4. The van der Waals surface area contributed by atoms with Crippen LogP contribution in [0.1, 0.15) is 38.7 Å². The molecule has 1 rings (SSSR count). The van der Waals surface area contributed by atoms with E-state index in [0.29, 0.717) is 11.8 Å². The second-order valence-electron chi connectivity index (χ2n) is 4.41. The molecule has 0 nitrogen and oxygen atoms in total. The topological polar surface area (TPSA) is 0 Å². The number of hydrogen-bond donors (Lipinski definition) is 0. The van der Waals surface area contributed by atoms with Gasteiger partial charge in [0.2, 0.25) is 0 Å². The van der Waals surface area contributed by atoms with Crippen LogP contribution in [0.15, 0.2) is 30.3 Å². The Morgan fingerprint density at radius 3 is 2.07 bits per heavy atom. The molecule has 2 atom stereocenters. The predicted molar refractivity (Wildman–Crippen MR) is 63.2 cm³/mol. The van der Waals surface area contributed by atoms with Crippen molar-refractivity contribution in [1.82, 2.24) is 0 Å². The van der Waals surface area contributed by atoms with E-state index in [4.69, 9.17) is 0 Å². The Morgan fingerprint density at radius 2 is 1.64 bits per heavy atom. The summed E-state index contributed by atoms with van der Waals surface area (Å²) in [5, 5.41) is 0. The van der Waals surface area contributed by atoms with Crippen LogP contribution in [0.4, 0.5) is 0 Å². The summed E-state index contributed by atoms with van der Waals surface area (Å²) in [6.07, 6.45) is 0.989. The molecule has 0 aliphatic rings. The van der Waals surface area contributed by atoms with Crippen molar-refractivity contribution in [3.8, 4) is 0 Å². The van der Waals surface area contributed by atoms with Crippen molar-refractivity contribution >= 4 is 0 Å². The zero-order chi connectivity index (χ0) is 10.6. The number of benzene rings is 1. The van der Waals surface area contributed by atoms with Crippen LogP contribution in [-0.4, -0.2) is 0 Å². The molecule has 0 saturated heterocycles. The third-order valence-electron chi connectivity index (χ3n) is 3.22. The maximum absolute atomic E-state index is 4.07. The predicted octanol–water partition coefficient (Wildman–Crippen LogP) is 4.29. The first-order chi connectivity index (χ1) is 6.66. The molecule has 0 aromatic heterocycles. The van der Waals surface area contributed by atoms with Gasteiger partial charge in [-0.15, -0.1) is 0 Å². The summed E-state index contributed by atoms with van der Waals surface area (Å²) in [5.74, 6) is 2.04. The van der Waals surface area contributed by atoms with Crippen LogP contribution < -0.4 is 0 Å². The molecule has 14 heavy (non-hydrogen) atoms. The van der Waals surface area contributed by atoms with Crippen LogP contribution in [0.2, 0.25) is 0 Å². The van der Waals surface area contributed by atoms with Crippen LogP contribution in [0, 0.1) is 18.8 Å². The molecule has 1 aromatic rings. The highest BCUT2D eigenvalue weighted by molar-refractivity contribution is 5.20. The first-order valence-electron chi connectivity index (χ1n) is 5.51. The molecule has 1 aromatic carbocycles. The lowest BCUT2D eigenvalue weighted by Gasteiger charge is -2.26. The highest BCUT2D eigenvalue weighted by Crippen LogP contribution is 2.32. The van der Waals surface area contributed by atoms with Gasteiger partial charge in [0, 0.05) is 0 Å². The Labute approximate surface area is 88.4 Å². The highest BCUT2D eigenvalue weighted by atomic mass is 14.2. The van der Waals surface area contributed by atoms with Crippen molar-refractivity contribution in [3.05, 3.63) is 42.8 Å². The Bertz CT molecular complexity index is 248. The zero-order valence-electron chi connectivity index (χ0n) is 9.53. The lowest BCUT2D eigenvalue weighted by molar-refractivity contribution is 0.347. The first-order valence-corrected chi connectivity index (χ1v) is 5.51. The molecule has 0 fully saturated rings. The normalized spacial score (nSPS) is 15.5. The molecule has 0 bridgehead atoms. The molecule has 2 unspecified atom stereocenters. The van der Waals surface area contributed by atoms with Gasteiger partial charge >= 0.3 is 0 Å². The summed E-state index contributed by atoms with van der Waals surface area (Å²) >= 11 is 0. The zero-order valence-corrected chi connectivity index (χ0v) is 9.53. The minimum atomic E-state index is 0.608. The third kappa shape index (κ3) is 2.60. The van der Waals surface area contributed by atoms with Crippen molar-refractivity contribution < 1.29 is 0 Å². The molecule has 0 heterocycles. The van der Waals surface area contributed by atoms with E-state index in [0.717, 1.165) is 12.3 Å². The van der Waals surface area contributed by atoms with Gasteiger partial charge in [0.15, 0.2) is 0 Å². The minimum absolute atomic E-state index is 0.608. The molecule has 0 aliphatic heterocycles. The molecule has 0 heteroatoms. The van der Waals surface area contributed by atoms with E-state index in [1.807, 2.05) is 0 Å². The van der Waals surface area contributed by atoms with Gasteiger partial charge in [-0.2, -0.15) is 0 Å². The quantitative estimate of drug-likeness (QED) is 0.663. The van der Waals surface area contributed by atoms with Crippen LogP contribution in [-0.2, 0) is 0 Å². The van der Waals surface area contributed by atoms with E-state index >= 15 is 0 Å². The lowest BCUT2D eigenvalue weighted by atomic mass is 9.79. The van der Waals surface area contributed by atoms with Gasteiger partial charge in [-0.05, 0) is 29.7 Å². The van der Waals surface area contributed by atoms with Crippen LogP contribution in [0.3, 0.4) is 0 Å². The van der Waals surface area contributed by atoms with E-state index in [9.17, 15) is 0 Å². The average molecular weight is 189 g/mol. The molecule has 1 radical (unpaired) electrons. The van der Waals surface area contributed by atoms with E-state index in [1.54, 1.807) is 0 Å². The third-order valence-corrected chi connectivity index (χ3v) is 3.22. The molecular formula is C14H21. The fourth-order valence-corrected chi connectivity index (χ4v) is 1.90. The Morgan fingerprint density at radius 1 is 1.07 bits per heavy atom. The fourth-order valence-electron chi connectivity index (χ4n) is 1.90. The minimum Gasteiger partial charge on any atom is -0.0625 e. The standard InChI is InChI=1S/C14H21/c1-5-14(12(4)11(2)3)13-9-7-6-8-10-13/h6-12,14H,1,5H2,2-4H3. The second kappa shape index (κ2) is 5.19. The average Bonchev–Trinajstić information content (AvgIpc) is 2.20. The van der Waals surface area contributed by atoms with Gasteiger partial charge < -0.3 is 0 Å². The van der Waals surface area contributed by atoms with E-state index < -0.39 is 0 Å². The van der Waals surface area contributed by atoms with Crippen LogP contribution in [0.5, 0.6) is 0 Å². The molecule has 0 amide bonds. The summed E-state index contributed by atoms with van der Waals surface area (Å²) in [7, 11) is 0. The lowest BCUT2D eigenvalue weighted by Crippen LogP contribution is -2.14. The van der Waals surface area contributed by atoms with Crippen molar-refractivity contribution in [1.29, 1.82) is 0 Å². The maximum atomic E-state index is 4.07. The van der Waals surface area contributed by atoms with Gasteiger partial charge in [0.25, 0.3) is 0 Å². The van der Waals surface area contributed by atoms with Gasteiger partial charge in [-0.25, -0.2) is 0 Å². The second-order valence-corrected chi connectivity index (χ2v) is 4.41. The summed E-state index contributed by atoms with van der Waals surface area (Å²) in [6.45, 7) is 11.0. The Kier molecular flexibility index (Phi) is 4.19. The summed E-state index contributed by atoms with van der Waals surface area (Å²) in [6, 6.07) is 10.7. The number of hydrogen-bond acceptors (Lipinski definition) is 0. The summed E-state index contributed by atoms with van der Waals surface area (Å²) < 4.78 is 0. The molecule has 0 spiro atoms. The summed E-state index contributed by atoms with van der Waals surface area (Å²) in [4.78, 5) is 0. The Hall–Kier alpha value is -0.780. The smallest absolute Gasteiger partial charge is 0.0134 e. The molecule has 0 aliphatic carbocycles. The molecular weight excluding hydrogens is 168 g/mol. The molecule has 0 N–H and O–H groups in total. The van der Waals surface area contributed by atoms with Crippen molar-refractivity contribution in [3.63, 3.8) is 0 Å². The highest BCUT2D eigenvalue weighted by Gasteiger charge is 2.19. The van der Waals surface area contributed by atoms with Crippen LogP contribution in [0.25, 0.3) is 0 Å². The van der Waals surface area contributed by atoms with E-state index in [1.165, 1.54) is 5.56 Å². The van der Waals surface area contributed by atoms with E-state index in [2.05, 4.69) is 58.0 Å². The fraction of sp³-hybridized carbons (Fsp3) is 0.500. The maximum Gasteiger partial charge on any atom is -0.0134 e. The van der Waals surface area contributed by atoms with Gasteiger partial charge in [-0.3, -0.25) is 0 Å². The van der Waals surface area contributed by atoms with Crippen molar-refractivity contribution in [2.75, 3.05) is 0 Å². The Balaban J connectivity index is 2.82. The monoisotopic (exact) mass is 189 g/mol. The van der Waals surface area contributed by atoms with Gasteiger partial charge in [0.05, 0.1) is 0 Å². The molecule has 0 saturated carbocycles. The summed E-state index contributed by atoms with van der Waals surface area (Å²) in [5.41, 5.74) is 1.43. The largest absolute Gasteiger partial charge is 0.0625 e. The van der Waals surface area contributed by atoms with E-state index in [-0.39, 0.29) is 0 Å². The van der Waals surface area contributed by atoms with Crippen molar-refractivity contribution in [2.45, 2.75) is 33.1 Å². The molecule has 77 valence electrons. The van der Waals surface area contributed by atoms with Crippen molar-refractivity contribution in [2.24, 2.45) is 11.8 Å². The van der Waals surface area contributed by atoms with Gasteiger partial charge in [0.1, 0.15) is 0 Å². The van der Waals surface area contributed by atoms with Gasteiger partial charge in [-0.1, -0.05) is 58.0 Å².